The molecule has 0 saturated carbocycles. The lowest BCUT2D eigenvalue weighted by atomic mass is 10.1. The Kier molecular flexibility index (Phi) is 4.16. The Hall–Kier alpha value is -2.22. The molecule has 1 unspecified atom stereocenters. The molecule has 1 aliphatic rings. The van der Waals surface area contributed by atoms with Crippen molar-refractivity contribution in [1.29, 1.82) is 0 Å². The van der Waals surface area contributed by atoms with E-state index in [1.165, 1.54) is 21.8 Å². The Morgan fingerprint density at radius 2 is 2.08 bits per heavy atom. The summed E-state index contributed by atoms with van der Waals surface area (Å²) in [6.45, 7) is 1.69. The average Bonchev–Trinajstić information content (AvgIpc) is 3.09. The number of halogens is 1. The minimum absolute atomic E-state index is 0.0181. The van der Waals surface area contributed by atoms with Gasteiger partial charge in [0.15, 0.2) is 9.84 Å². The maximum atomic E-state index is 13.9. The van der Waals surface area contributed by atoms with Crippen LogP contribution in [0, 0.1) is 12.7 Å². The van der Waals surface area contributed by atoms with Crippen LogP contribution in [0.1, 0.15) is 22.5 Å². The fourth-order valence-electron chi connectivity index (χ4n) is 2.92. The molecule has 2 aromatic rings. The van der Waals surface area contributed by atoms with Gasteiger partial charge < -0.3 is 4.90 Å². The maximum Gasteiger partial charge on any atom is 0.257 e. The molecule has 0 spiro atoms. The van der Waals surface area contributed by atoms with Crippen molar-refractivity contribution >= 4 is 15.7 Å². The number of hydrogen-bond donors (Lipinski definition) is 0. The number of carbonyl (C=O) groups excluding carboxylic acids is 1. The van der Waals surface area contributed by atoms with Gasteiger partial charge in [-0.25, -0.2) is 17.5 Å². The summed E-state index contributed by atoms with van der Waals surface area (Å²) in [7, 11) is -1.48. The van der Waals surface area contributed by atoms with Crippen molar-refractivity contribution in [2.24, 2.45) is 0 Å². The van der Waals surface area contributed by atoms with Crippen LogP contribution >= 0.6 is 0 Å². The molecule has 1 atom stereocenters. The summed E-state index contributed by atoms with van der Waals surface area (Å²) in [5.74, 6) is -0.659. The van der Waals surface area contributed by atoms with Gasteiger partial charge in [-0.05, 0) is 25.5 Å². The number of benzene rings is 1. The fraction of sp³-hybridized carbons (Fsp3) is 0.375. The van der Waals surface area contributed by atoms with Crippen LogP contribution in [0.15, 0.2) is 30.5 Å². The van der Waals surface area contributed by atoms with Gasteiger partial charge in [0.25, 0.3) is 5.91 Å². The molecule has 1 fully saturated rings. The minimum atomic E-state index is -3.07. The molecule has 0 radical (unpaired) electrons. The Morgan fingerprint density at radius 1 is 1.38 bits per heavy atom. The summed E-state index contributed by atoms with van der Waals surface area (Å²) in [6, 6.07) is 5.84. The lowest BCUT2D eigenvalue weighted by Crippen LogP contribution is -2.38. The van der Waals surface area contributed by atoms with Crippen molar-refractivity contribution < 1.29 is 17.6 Å². The van der Waals surface area contributed by atoms with Crippen molar-refractivity contribution in [1.82, 2.24) is 14.7 Å². The van der Waals surface area contributed by atoms with Crippen LogP contribution in [0.5, 0.6) is 0 Å². The SMILES string of the molecule is Cc1c(C(=O)N(C)C2CCS(=O)(=O)C2)cnn1-c1ccccc1F. The highest BCUT2D eigenvalue weighted by molar-refractivity contribution is 7.91. The van der Waals surface area contributed by atoms with E-state index in [0.29, 0.717) is 17.7 Å². The van der Waals surface area contributed by atoms with E-state index in [9.17, 15) is 17.6 Å². The van der Waals surface area contributed by atoms with E-state index >= 15 is 0 Å². The van der Waals surface area contributed by atoms with Crippen molar-refractivity contribution in [3.05, 3.63) is 47.5 Å². The first kappa shape index (κ1) is 16.6. The summed E-state index contributed by atoms with van der Waals surface area (Å²) in [6.07, 6.45) is 1.83. The van der Waals surface area contributed by atoms with Gasteiger partial charge in [0.1, 0.15) is 11.5 Å². The van der Waals surface area contributed by atoms with Gasteiger partial charge >= 0.3 is 0 Å². The van der Waals surface area contributed by atoms with E-state index in [4.69, 9.17) is 0 Å². The normalized spacial score (nSPS) is 19.4. The van der Waals surface area contributed by atoms with Gasteiger partial charge in [-0.1, -0.05) is 12.1 Å². The number of nitrogens with zero attached hydrogens (tertiary/aromatic N) is 3. The minimum Gasteiger partial charge on any atom is -0.338 e. The molecule has 1 aromatic heterocycles. The first-order valence-electron chi connectivity index (χ1n) is 7.57. The lowest BCUT2D eigenvalue weighted by molar-refractivity contribution is 0.0747. The topological polar surface area (TPSA) is 72.3 Å². The third-order valence-electron chi connectivity index (χ3n) is 4.40. The summed E-state index contributed by atoms with van der Waals surface area (Å²) >= 11 is 0. The van der Waals surface area contributed by atoms with Crippen molar-refractivity contribution in [2.45, 2.75) is 19.4 Å². The van der Waals surface area contributed by atoms with Crippen LogP contribution < -0.4 is 0 Å². The number of hydrogen-bond acceptors (Lipinski definition) is 4. The molecule has 1 saturated heterocycles. The molecule has 1 amide bonds. The second-order valence-electron chi connectivity index (χ2n) is 5.98. The first-order chi connectivity index (χ1) is 11.3. The van der Waals surface area contributed by atoms with Crippen LogP contribution in [0.2, 0.25) is 0 Å². The third kappa shape index (κ3) is 2.93. The number of carbonyl (C=O) groups is 1. The molecule has 24 heavy (non-hydrogen) atoms. The highest BCUT2D eigenvalue weighted by Crippen LogP contribution is 2.21. The average molecular weight is 351 g/mol. The molecule has 0 bridgehead atoms. The smallest absolute Gasteiger partial charge is 0.257 e. The summed E-state index contributed by atoms with van der Waals surface area (Å²) in [5, 5.41) is 4.12. The predicted molar refractivity (Wildman–Crippen MR) is 87.4 cm³/mol. The summed E-state index contributed by atoms with van der Waals surface area (Å²) in [5.41, 5.74) is 1.11. The quantitative estimate of drug-likeness (QED) is 0.842. The van der Waals surface area contributed by atoms with Gasteiger partial charge in [-0.2, -0.15) is 5.10 Å². The predicted octanol–water partition coefficient (Wildman–Crippen LogP) is 1.58. The van der Waals surface area contributed by atoms with Crippen molar-refractivity contribution in [3.63, 3.8) is 0 Å². The molecular weight excluding hydrogens is 333 g/mol. The summed E-state index contributed by atoms with van der Waals surface area (Å²) < 4.78 is 38.5. The second kappa shape index (κ2) is 6.01. The van der Waals surface area contributed by atoms with E-state index in [1.54, 1.807) is 32.2 Å². The number of amides is 1. The third-order valence-corrected chi connectivity index (χ3v) is 6.15. The highest BCUT2D eigenvalue weighted by Gasteiger charge is 2.34. The molecule has 3 rings (SSSR count). The van der Waals surface area contributed by atoms with Crippen LogP contribution in [-0.4, -0.2) is 53.6 Å². The van der Waals surface area contributed by atoms with Crippen LogP contribution in [0.25, 0.3) is 5.69 Å². The number of rotatable bonds is 3. The first-order valence-corrected chi connectivity index (χ1v) is 9.39. The van der Waals surface area contributed by atoms with Crippen LogP contribution in [-0.2, 0) is 9.84 Å². The number of aromatic nitrogens is 2. The maximum absolute atomic E-state index is 13.9. The Labute approximate surface area is 139 Å². The van der Waals surface area contributed by atoms with Crippen molar-refractivity contribution in [2.75, 3.05) is 18.6 Å². The Morgan fingerprint density at radius 3 is 2.71 bits per heavy atom. The van der Waals surface area contributed by atoms with Crippen LogP contribution in [0.4, 0.5) is 4.39 Å². The monoisotopic (exact) mass is 351 g/mol. The highest BCUT2D eigenvalue weighted by atomic mass is 32.2. The van der Waals surface area contributed by atoms with Gasteiger partial charge in [-0.15, -0.1) is 0 Å². The Bertz CT molecular complexity index is 892. The molecule has 1 aliphatic heterocycles. The number of sulfone groups is 1. The largest absolute Gasteiger partial charge is 0.338 e. The molecule has 8 heteroatoms. The van der Waals surface area contributed by atoms with E-state index in [-0.39, 0.29) is 29.1 Å². The zero-order chi connectivity index (χ0) is 17.5. The lowest BCUT2D eigenvalue weighted by Gasteiger charge is -2.23. The molecule has 128 valence electrons. The van der Waals surface area contributed by atoms with E-state index in [0.717, 1.165) is 0 Å². The van der Waals surface area contributed by atoms with Gasteiger partial charge in [0.2, 0.25) is 0 Å². The molecule has 1 aromatic carbocycles. The molecule has 0 N–H and O–H groups in total. The number of para-hydroxylation sites is 1. The van der Waals surface area contributed by atoms with E-state index in [1.807, 2.05) is 0 Å². The molecular formula is C16H18FN3O3S. The Balaban J connectivity index is 1.88. The van der Waals surface area contributed by atoms with Gasteiger partial charge in [0, 0.05) is 13.1 Å². The fourth-order valence-corrected chi connectivity index (χ4v) is 4.70. The zero-order valence-corrected chi connectivity index (χ0v) is 14.3. The van der Waals surface area contributed by atoms with E-state index in [2.05, 4.69) is 5.10 Å². The van der Waals surface area contributed by atoms with Crippen molar-refractivity contribution in [3.8, 4) is 5.69 Å². The molecule has 6 nitrogen and oxygen atoms in total. The van der Waals surface area contributed by atoms with Gasteiger partial charge in [-0.3, -0.25) is 4.79 Å². The molecule has 2 heterocycles. The van der Waals surface area contributed by atoms with Gasteiger partial charge in [0.05, 0.1) is 29.0 Å². The standard InChI is InChI=1S/C16H18FN3O3S/c1-11-13(9-18-20(11)15-6-4-3-5-14(15)17)16(21)19(2)12-7-8-24(22,23)10-12/h3-6,9,12H,7-8,10H2,1-2H3. The van der Waals surface area contributed by atoms with Crippen LogP contribution in [0.3, 0.4) is 0 Å². The van der Waals surface area contributed by atoms with E-state index < -0.39 is 15.7 Å². The zero-order valence-electron chi connectivity index (χ0n) is 13.4. The molecule has 0 aliphatic carbocycles. The second-order valence-corrected chi connectivity index (χ2v) is 8.21. The summed E-state index contributed by atoms with van der Waals surface area (Å²) in [4.78, 5) is 14.1.